The Labute approximate surface area is 81.1 Å². The van der Waals surface area contributed by atoms with Crippen molar-refractivity contribution in [2.45, 2.75) is 6.92 Å². The molecule has 0 bridgehead atoms. The van der Waals surface area contributed by atoms with Gasteiger partial charge in [0.25, 0.3) is 0 Å². The van der Waals surface area contributed by atoms with E-state index in [0.717, 1.165) is 0 Å². The number of nitrogens with zero attached hydrogens (tertiary/aromatic N) is 1. The fourth-order valence-electron chi connectivity index (χ4n) is 0.941. The molecule has 0 aliphatic carbocycles. The van der Waals surface area contributed by atoms with E-state index in [-0.39, 0.29) is 5.91 Å². The van der Waals surface area contributed by atoms with Crippen LogP contribution in [0.25, 0.3) is 0 Å². The number of hydrogen-bond acceptors (Lipinski definition) is 4. The lowest BCUT2D eigenvalue weighted by molar-refractivity contribution is -0.114. The van der Waals surface area contributed by atoms with Crippen LogP contribution in [-0.4, -0.2) is 24.0 Å². The minimum atomic E-state index is -0.482. The minimum absolute atomic E-state index is 0.214. The molecule has 1 N–H and O–H groups in total. The molecule has 1 aromatic rings. The Morgan fingerprint density at radius 3 is 2.71 bits per heavy atom. The maximum atomic E-state index is 11.1. The summed E-state index contributed by atoms with van der Waals surface area (Å²) in [5.41, 5.74) is 0.777. The van der Waals surface area contributed by atoms with Crippen molar-refractivity contribution in [3.63, 3.8) is 0 Å². The second-order valence-electron chi connectivity index (χ2n) is 2.64. The highest BCUT2D eigenvalue weighted by atomic mass is 16.5. The van der Waals surface area contributed by atoms with Crippen LogP contribution >= 0.6 is 0 Å². The monoisotopic (exact) mass is 194 g/mol. The standard InChI is InChI=1S/C9H10N2O3/c1-6(12)11-8-3-7(4-10-5-8)9(13)14-2/h3-5H,1-2H3,(H,11,12). The molecule has 0 atom stereocenters. The highest BCUT2D eigenvalue weighted by Gasteiger charge is 2.06. The van der Waals surface area contributed by atoms with E-state index in [1.807, 2.05) is 0 Å². The zero-order chi connectivity index (χ0) is 10.6. The summed E-state index contributed by atoms with van der Waals surface area (Å²) in [5, 5.41) is 2.51. The third-order valence-electron chi connectivity index (χ3n) is 1.48. The largest absolute Gasteiger partial charge is 0.465 e. The Morgan fingerprint density at radius 2 is 2.14 bits per heavy atom. The first kappa shape index (κ1) is 10.2. The van der Waals surface area contributed by atoms with Gasteiger partial charge in [-0.05, 0) is 6.07 Å². The van der Waals surface area contributed by atoms with Crippen molar-refractivity contribution in [1.29, 1.82) is 0 Å². The van der Waals surface area contributed by atoms with E-state index in [1.54, 1.807) is 0 Å². The normalized spacial score (nSPS) is 9.29. The molecule has 0 fully saturated rings. The summed E-state index contributed by atoms with van der Waals surface area (Å²) >= 11 is 0. The van der Waals surface area contributed by atoms with Gasteiger partial charge in [-0.25, -0.2) is 4.79 Å². The number of anilines is 1. The Kier molecular flexibility index (Phi) is 3.17. The number of esters is 1. The number of pyridine rings is 1. The zero-order valence-electron chi connectivity index (χ0n) is 7.90. The van der Waals surface area contributed by atoms with Crippen LogP contribution in [0.3, 0.4) is 0 Å². The molecule has 74 valence electrons. The number of ether oxygens (including phenoxy) is 1. The molecule has 1 aromatic heterocycles. The van der Waals surface area contributed by atoms with Gasteiger partial charge in [-0.15, -0.1) is 0 Å². The van der Waals surface area contributed by atoms with Gasteiger partial charge in [0.1, 0.15) is 0 Å². The van der Waals surface area contributed by atoms with Crippen LogP contribution in [0.1, 0.15) is 17.3 Å². The van der Waals surface area contributed by atoms with Crippen molar-refractivity contribution >= 4 is 17.6 Å². The van der Waals surface area contributed by atoms with E-state index in [0.29, 0.717) is 11.3 Å². The predicted molar refractivity (Wildman–Crippen MR) is 49.9 cm³/mol. The molecular weight excluding hydrogens is 184 g/mol. The lowest BCUT2D eigenvalue weighted by Gasteiger charge is -2.02. The van der Waals surface area contributed by atoms with Gasteiger partial charge in [-0.2, -0.15) is 0 Å². The van der Waals surface area contributed by atoms with Crippen molar-refractivity contribution in [2.24, 2.45) is 0 Å². The van der Waals surface area contributed by atoms with Crippen LogP contribution < -0.4 is 5.32 Å². The highest BCUT2D eigenvalue weighted by molar-refractivity contribution is 5.93. The molecule has 0 unspecified atom stereocenters. The zero-order valence-corrected chi connectivity index (χ0v) is 7.90. The topological polar surface area (TPSA) is 68.3 Å². The van der Waals surface area contributed by atoms with E-state index in [4.69, 9.17) is 0 Å². The summed E-state index contributed by atoms with van der Waals surface area (Å²) in [4.78, 5) is 25.6. The maximum Gasteiger partial charge on any atom is 0.339 e. The molecular formula is C9H10N2O3. The lowest BCUT2D eigenvalue weighted by atomic mass is 10.2. The van der Waals surface area contributed by atoms with Crippen LogP contribution in [0.15, 0.2) is 18.5 Å². The summed E-state index contributed by atoms with van der Waals surface area (Å²) in [6, 6.07) is 1.50. The van der Waals surface area contributed by atoms with Gasteiger partial charge in [0.2, 0.25) is 5.91 Å². The first-order chi connectivity index (χ1) is 6.63. The second-order valence-corrected chi connectivity index (χ2v) is 2.64. The van der Waals surface area contributed by atoms with Crippen molar-refractivity contribution in [2.75, 3.05) is 12.4 Å². The summed E-state index contributed by atoms with van der Waals surface area (Å²) in [5.74, 6) is -0.696. The molecule has 1 rings (SSSR count). The van der Waals surface area contributed by atoms with Gasteiger partial charge >= 0.3 is 5.97 Å². The van der Waals surface area contributed by atoms with Crippen LogP contribution in [0, 0.1) is 0 Å². The highest BCUT2D eigenvalue weighted by Crippen LogP contribution is 2.08. The molecule has 0 aliphatic rings. The summed E-state index contributed by atoms with van der Waals surface area (Å²) in [7, 11) is 1.29. The number of amides is 1. The summed E-state index contributed by atoms with van der Waals surface area (Å²) in [6.07, 6.45) is 2.82. The Bertz CT molecular complexity index is 363. The third kappa shape index (κ3) is 2.55. The Balaban J connectivity index is 2.89. The number of nitrogens with one attached hydrogen (secondary N) is 1. The molecule has 0 radical (unpaired) electrons. The number of aromatic nitrogens is 1. The van der Waals surface area contributed by atoms with Gasteiger partial charge in [0, 0.05) is 13.1 Å². The summed E-state index contributed by atoms with van der Waals surface area (Å²) in [6.45, 7) is 1.38. The Morgan fingerprint density at radius 1 is 1.43 bits per heavy atom. The van der Waals surface area contributed by atoms with E-state index in [9.17, 15) is 9.59 Å². The molecule has 0 saturated heterocycles. The fourth-order valence-corrected chi connectivity index (χ4v) is 0.941. The number of hydrogen-bond donors (Lipinski definition) is 1. The molecule has 5 heteroatoms. The fraction of sp³-hybridized carbons (Fsp3) is 0.222. The average molecular weight is 194 g/mol. The van der Waals surface area contributed by atoms with Gasteiger partial charge in [0.15, 0.2) is 0 Å². The van der Waals surface area contributed by atoms with Crippen LogP contribution in [0.2, 0.25) is 0 Å². The van der Waals surface area contributed by atoms with E-state index < -0.39 is 5.97 Å². The first-order valence-electron chi connectivity index (χ1n) is 3.94. The molecule has 0 saturated carbocycles. The van der Waals surface area contributed by atoms with Gasteiger partial charge < -0.3 is 10.1 Å². The number of methoxy groups -OCH3 is 1. The number of carbonyl (C=O) groups excluding carboxylic acids is 2. The number of carbonyl (C=O) groups is 2. The minimum Gasteiger partial charge on any atom is -0.465 e. The van der Waals surface area contributed by atoms with E-state index in [1.165, 1.54) is 32.5 Å². The average Bonchev–Trinajstić information content (AvgIpc) is 2.16. The van der Waals surface area contributed by atoms with Gasteiger partial charge in [-0.3, -0.25) is 9.78 Å². The molecule has 0 aliphatic heterocycles. The summed E-state index contributed by atoms with van der Waals surface area (Å²) < 4.78 is 4.50. The molecule has 0 aromatic carbocycles. The van der Waals surface area contributed by atoms with Gasteiger partial charge in [0.05, 0.1) is 24.6 Å². The van der Waals surface area contributed by atoms with E-state index in [2.05, 4.69) is 15.0 Å². The van der Waals surface area contributed by atoms with Crippen LogP contribution in [0.5, 0.6) is 0 Å². The van der Waals surface area contributed by atoms with Crippen molar-refractivity contribution < 1.29 is 14.3 Å². The number of rotatable bonds is 2. The quantitative estimate of drug-likeness (QED) is 0.708. The molecule has 1 heterocycles. The Hall–Kier alpha value is -1.91. The molecule has 5 nitrogen and oxygen atoms in total. The van der Waals surface area contributed by atoms with E-state index >= 15 is 0 Å². The third-order valence-corrected chi connectivity index (χ3v) is 1.48. The van der Waals surface area contributed by atoms with Crippen LogP contribution in [0.4, 0.5) is 5.69 Å². The second kappa shape index (κ2) is 4.36. The SMILES string of the molecule is COC(=O)c1cncc(NC(C)=O)c1. The first-order valence-corrected chi connectivity index (χ1v) is 3.94. The molecule has 14 heavy (non-hydrogen) atoms. The van der Waals surface area contributed by atoms with Gasteiger partial charge in [-0.1, -0.05) is 0 Å². The van der Waals surface area contributed by atoms with Crippen LogP contribution in [-0.2, 0) is 9.53 Å². The molecule has 0 spiro atoms. The lowest BCUT2D eigenvalue weighted by Crippen LogP contribution is -2.08. The van der Waals surface area contributed by atoms with Crippen molar-refractivity contribution in [3.8, 4) is 0 Å². The van der Waals surface area contributed by atoms with Crippen molar-refractivity contribution in [3.05, 3.63) is 24.0 Å². The van der Waals surface area contributed by atoms with Crippen molar-refractivity contribution in [1.82, 2.24) is 4.98 Å². The predicted octanol–water partition coefficient (Wildman–Crippen LogP) is 0.827. The molecule has 1 amide bonds. The smallest absolute Gasteiger partial charge is 0.339 e. The maximum absolute atomic E-state index is 11.1.